The molecule has 0 aromatic carbocycles. The summed E-state index contributed by atoms with van der Waals surface area (Å²) in [5, 5.41) is 0. The smallest absolute Gasteiger partial charge is 0.155 e. The molecule has 0 bridgehead atoms. The number of ketones is 1. The number of Topliss-reactive ketones (excluding diaryl/α,β-unsaturated/α-hetero) is 1. The molecule has 1 rings (SSSR count). The molecule has 88 valence electrons. The Kier molecular flexibility index (Phi) is 4.32. The molecule has 1 unspecified atom stereocenters. The van der Waals surface area contributed by atoms with Crippen LogP contribution in [0.1, 0.15) is 59.3 Å². The van der Waals surface area contributed by atoms with Crippen LogP contribution in [0.5, 0.6) is 0 Å². The van der Waals surface area contributed by atoms with Crippen molar-refractivity contribution in [2.75, 3.05) is 0 Å². The third kappa shape index (κ3) is 3.30. The zero-order valence-corrected chi connectivity index (χ0v) is 10.4. The Hall–Kier alpha value is -0.370. The molecule has 1 saturated carbocycles. The summed E-state index contributed by atoms with van der Waals surface area (Å²) in [5.74, 6) is 1.34. The molecule has 0 aliphatic heterocycles. The van der Waals surface area contributed by atoms with Crippen LogP contribution in [0.2, 0.25) is 0 Å². The van der Waals surface area contributed by atoms with E-state index in [2.05, 4.69) is 13.8 Å². The van der Waals surface area contributed by atoms with Crippen LogP contribution in [-0.4, -0.2) is 11.3 Å². The van der Waals surface area contributed by atoms with Gasteiger partial charge >= 0.3 is 0 Å². The van der Waals surface area contributed by atoms with Gasteiger partial charge in [-0.3, -0.25) is 4.79 Å². The molecule has 2 heteroatoms. The fourth-order valence-electron chi connectivity index (χ4n) is 2.63. The zero-order chi connectivity index (χ0) is 11.5. The van der Waals surface area contributed by atoms with Crippen molar-refractivity contribution in [2.45, 2.75) is 64.8 Å². The van der Waals surface area contributed by atoms with Crippen molar-refractivity contribution >= 4 is 5.78 Å². The summed E-state index contributed by atoms with van der Waals surface area (Å²) in [6, 6.07) is 0. The van der Waals surface area contributed by atoms with Crippen molar-refractivity contribution in [1.82, 2.24) is 0 Å². The Morgan fingerprint density at radius 3 is 2.33 bits per heavy atom. The van der Waals surface area contributed by atoms with Gasteiger partial charge in [-0.2, -0.15) is 0 Å². The monoisotopic (exact) mass is 211 g/mol. The standard InChI is InChI=1S/C13H25NO/c1-4-9-13(3,14)12(15)11-7-5-10(2)6-8-11/h10-11H,4-9,14H2,1-3H3. The first-order chi connectivity index (χ1) is 6.97. The first-order valence-electron chi connectivity index (χ1n) is 6.30. The highest BCUT2D eigenvalue weighted by atomic mass is 16.1. The van der Waals surface area contributed by atoms with Crippen LogP contribution in [0.25, 0.3) is 0 Å². The van der Waals surface area contributed by atoms with Crippen LogP contribution < -0.4 is 5.73 Å². The molecule has 0 radical (unpaired) electrons. The van der Waals surface area contributed by atoms with Gasteiger partial charge in [-0.05, 0) is 32.1 Å². The predicted octanol–water partition coefficient (Wildman–Crippen LogP) is 2.90. The molecule has 0 heterocycles. The largest absolute Gasteiger partial charge is 0.319 e. The summed E-state index contributed by atoms with van der Waals surface area (Å²) in [4.78, 5) is 12.2. The minimum absolute atomic E-state index is 0.239. The molecular weight excluding hydrogens is 186 g/mol. The van der Waals surface area contributed by atoms with E-state index in [9.17, 15) is 4.79 Å². The Labute approximate surface area is 93.6 Å². The van der Waals surface area contributed by atoms with E-state index in [4.69, 9.17) is 5.73 Å². The highest BCUT2D eigenvalue weighted by Gasteiger charge is 2.34. The highest BCUT2D eigenvalue weighted by molar-refractivity contribution is 5.89. The van der Waals surface area contributed by atoms with E-state index < -0.39 is 5.54 Å². The molecule has 0 spiro atoms. The fourth-order valence-corrected chi connectivity index (χ4v) is 2.63. The van der Waals surface area contributed by atoms with Crippen LogP contribution in [0.4, 0.5) is 0 Å². The maximum atomic E-state index is 12.2. The summed E-state index contributed by atoms with van der Waals surface area (Å²) in [7, 11) is 0. The van der Waals surface area contributed by atoms with Gasteiger partial charge in [-0.15, -0.1) is 0 Å². The van der Waals surface area contributed by atoms with Gasteiger partial charge in [0.2, 0.25) is 0 Å². The van der Waals surface area contributed by atoms with Gasteiger partial charge < -0.3 is 5.73 Å². The summed E-state index contributed by atoms with van der Waals surface area (Å²) < 4.78 is 0. The van der Waals surface area contributed by atoms with Gasteiger partial charge in [0, 0.05) is 5.92 Å². The molecule has 0 saturated heterocycles. The molecule has 1 fully saturated rings. The van der Waals surface area contributed by atoms with Crippen LogP contribution >= 0.6 is 0 Å². The van der Waals surface area contributed by atoms with Gasteiger partial charge in [0.15, 0.2) is 5.78 Å². The molecule has 2 N–H and O–H groups in total. The maximum absolute atomic E-state index is 12.2. The average Bonchev–Trinajstić information content (AvgIpc) is 2.18. The third-order valence-corrected chi connectivity index (χ3v) is 3.72. The van der Waals surface area contributed by atoms with Crippen molar-refractivity contribution in [2.24, 2.45) is 17.6 Å². The lowest BCUT2D eigenvalue weighted by atomic mass is 9.75. The van der Waals surface area contributed by atoms with Gasteiger partial charge in [0.05, 0.1) is 5.54 Å². The molecule has 1 aliphatic rings. The Morgan fingerprint density at radius 1 is 1.33 bits per heavy atom. The van der Waals surface area contributed by atoms with E-state index in [1.165, 1.54) is 12.8 Å². The molecule has 2 nitrogen and oxygen atoms in total. The molecule has 0 aromatic rings. The number of nitrogens with two attached hydrogens (primary N) is 1. The highest BCUT2D eigenvalue weighted by Crippen LogP contribution is 2.31. The number of rotatable bonds is 4. The van der Waals surface area contributed by atoms with E-state index >= 15 is 0 Å². The first kappa shape index (κ1) is 12.7. The van der Waals surface area contributed by atoms with E-state index in [0.29, 0.717) is 5.78 Å². The molecular formula is C13H25NO. The quantitative estimate of drug-likeness (QED) is 0.777. The third-order valence-electron chi connectivity index (χ3n) is 3.72. The Bertz CT molecular complexity index is 215. The topological polar surface area (TPSA) is 43.1 Å². The maximum Gasteiger partial charge on any atom is 0.155 e. The minimum Gasteiger partial charge on any atom is -0.319 e. The SMILES string of the molecule is CCCC(C)(N)C(=O)C1CCC(C)CC1. The molecule has 1 atom stereocenters. The van der Waals surface area contributed by atoms with E-state index in [1.54, 1.807) is 0 Å². The van der Waals surface area contributed by atoms with Crippen molar-refractivity contribution in [3.05, 3.63) is 0 Å². The lowest BCUT2D eigenvalue weighted by Gasteiger charge is -2.31. The predicted molar refractivity (Wildman–Crippen MR) is 63.6 cm³/mol. The second-order valence-electron chi connectivity index (χ2n) is 5.49. The van der Waals surface area contributed by atoms with E-state index in [-0.39, 0.29) is 5.92 Å². The Balaban J connectivity index is 2.53. The Morgan fingerprint density at radius 2 is 1.87 bits per heavy atom. The minimum atomic E-state index is -0.583. The van der Waals surface area contributed by atoms with Crippen molar-refractivity contribution in [3.8, 4) is 0 Å². The lowest BCUT2D eigenvalue weighted by molar-refractivity contribution is -0.129. The molecule has 15 heavy (non-hydrogen) atoms. The van der Waals surface area contributed by atoms with Gasteiger partial charge in [0.1, 0.15) is 0 Å². The second-order valence-corrected chi connectivity index (χ2v) is 5.49. The van der Waals surface area contributed by atoms with Gasteiger partial charge in [-0.25, -0.2) is 0 Å². The van der Waals surface area contributed by atoms with Crippen LogP contribution in [0.3, 0.4) is 0 Å². The van der Waals surface area contributed by atoms with Gasteiger partial charge in [-0.1, -0.05) is 33.1 Å². The van der Waals surface area contributed by atoms with Crippen molar-refractivity contribution < 1.29 is 4.79 Å². The van der Waals surface area contributed by atoms with E-state index in [0.717, 1.165) is 31.6 Å². The number of hydrogen-bond acceptors (Lipinski definition) is 2. The normalized spacial score (nSPS) is 30.9. The summed E-state index contributed by atoms with van der Waals surface area (Å²) in [6.45, 7) is 6.26. The summed E-state index contributed by atoms with van der Waals surface area (Å²) >= 11 is 0. The number of carbonyl (C=O) groups is 1. The molecule has 1 aliphatic carbocycles. The van der Waals surface area contributed by atoms with Crippen LogP contribution in [-0.2, 0) is 4.79 Å². The fraction of sp³-hybridized carbons (Fsp3) is 0.923. The average molecular weight is 211 g/mol. The number of hydrogen-bond donors (Lipinski definition) is 1. The summed E-state index contributed by atoms with van der Waals surface area (Å²) in [5.41, 5.74) is 5.50. The van der Waals surface area contributed by atoms with Crippen molar-refractivity contribution in [1.29, 1.82) is 0 Å². The molecule has 0 amide bonds. The van der Waals surface area contributed by atoms with Crippen LogP contribution in [0.15, 0.2) is 0 Å². The van der Waals surface area contributed by atoms with Crippen LogP contribution in [0, 0.1) is 11.8 Å². The van der Waals surface area contributed by atoms with Gasteiger partial charge in [0.25, 0.3) is 0 Å². The molecule has 0 aromatic heterocycles. The second kappa shape index (κ2) is 5.11. The number of carbonyl (C=O) groups excluding carboxylic acids is 1. The lowest BCUT2D eigenvalue weighted by Crippen LogP contribution is -2.48. The zero-order valence-electron chi connectivity index (χ0n) is 10.4. The summed E-state index contributed by atoms with van der Waals surface area (Å²) in [6.07, 6.45) is 6.30. The first-order valence-corrected chi connectivity index (χ1v) is 6.30. The van der Waals surface area contributed by atoms with Crippen molar-refractivity contribution in [3.63, 3.8) is 0 Å². The van der Waals surface area contributed by atoms with E-state index in [1.807, 2.05) is 6.92 Å².